The van der Waals surface area contributed by atoms with Gasteiger partial charge in [0.25, 0.3) is 0 Å². The van der Waals surface area contributed by atoms with Gasteiger partial charge in [0.1, 0.15) is 11.5 Å². The first-order chi connectivity index (χ1) is 13.7. The number of benzene rings is 2. The molecule has 1 aliphatic heterocycles. The lowest BCUT2D eigenvalue weighted by Crippen LogP contribution is -2.35. The fraction of sp³-hybridized carbons (Fsp3) is 0.259. The summed E-state index contributed by atoms with van der Waals surface area (Å²) >= 11 is 0. The van der Waals surface area contributed by atoms with Crippen LogP contribution in [0, 0.1) is 0 Å². The maximum Gasteiger partial charge on any atom is 0.132 e. The highest BCUT2D eigenvalue weighted by molar-refractivity contribution is 5.95. The molecule has 0 N–H and O–H groups in total. The number of fused-ring (bicyclic) bond motifs is 4. The lowest BCUT2D eigenvalue weighted by atomic mass is 9.64. The predicted molar refractivity (Wildman–Crippen MR) is 118 cm³/mol. The van der Waals surface area contributed by atoms with Crippen molar-refractivity contribution < 1.29 is 4.74 Å². The summed E-state index contributed by atoms with van der Waals surface area (Å²) in [5.41, 5.74) is 7.57. The highest BCUT2D eigenvalue weighted by Gasteiger charge is 2.53. The summed E-state index contributed by atoms with van der Waals surface area (Å²) < 4.78 is 6.34. The number of ether oxygens (including phenoxy) is 1. The van der Waals surface area contributed by atoms with Crippen molar-refractivity contribution in [1.82, 2.24) is 0 Å². The molecule has 1 nitrogen and oxygen atoms in total. The van der Waals surface area contributed by atoms with Gasteiger partial charge in [-0.1, -0.05) is 74.0 Å². The highest BCUT2D eigenvalue weighted by Crippen LogP contribution is 2.62. The fourth-order valence-corrected chi connectivity index (χ4v) is 4.94. The molecular weight excluding hydrogens is 340 g/mol. The molecular formula is C27H28O. The third kappa shape index (κ3) is 2.39. The predicted octanol–water partition coefficient (Wildman–Crippen LogP) is 7.36. The first-order valence-corrected chi connectivity index (χ1v) is 10.3. The first-order valence-electron chi connectivity index (χ1n) is 10.3. The third-order valence-electron chi connectivity index (χ3n) is 5.97. The zero-order chi connectivity index (χ0) is 19.7. The number of rotatable bonds is 2. The van der Waals surface area contributed by atoms with Crippen molar-refractivity contribution in [1.29, 1.82) is 0 Å². The van der Waals surface area contributed by atoms with Gasteiger partial charge in [-0.25, -0.2) is 0 Å². The van der Waals surface area contributed by atoms with Crippen molar-refractivity contribution in [3.05, 3.63) is 106 Å². The van der Waals surface area contributed by atoms with Crippen LogP contribution < -0.4 is 4.74 Å². The zero-order valence-electron chi connectivity index (χ0n) is 17.3. The maximum atomic E-state index is 6.34. The lowest BCUT2D eigenvalue weighted by molar-refractivity contribution is 0.388. The van der Waals surface area contributed by atoms with Crippen LogP contribution in [0.15, 0.2) is 89.7 Å². The summed E-state index contributed by atoms with van der Waals surface area (Å²) in [5.74, 6) is 1.90. The molecule has 0 saturated carbocycles. The van der Waals surface area contributed by atoms with Crippen molar-refractivity contribution >= 4 is 5.57 Å². The molecule has 1 aliphatic carbocycles. The maximum absolute atomic E-state index is 6.34. The Balaban J connectivity index is 2.17. The molecule has 0 aromatic heterocycles. The second-order valence-electron chi connectivity index (χ2n) is 7.36. The van der Waals surface area contributed by atoms with Crippen LogP contribution in [0.4, 0.5) is 0 Å². The summed E-state index contributed by atoms with van der Waals surface area (Å²) in [6, 6.07) is 17.4. The van der Waals surface area contributed by atoms with Gasteiger partial charge in [-0.15, -0.1) is 0 Å². The van der Waals surface area contributed by atoms with Gasteiger partial charge >= 0.3 is 0 Å². The van der Waals surface area contributed by atoms with E-state index in [2.05, 4.69) is 101 Å². The second-order valence-corrected chi connectivity index (χ2v) is 7.36. The average Bonchev–Trinajstić information content (AvgIpc) is 3.02. The van der Waals surface area contributed by atoms with Gasteiger partial charge in [0, 0.05) is 11.1 Å². The van der Waals surface area contributed by atoms with E-state index in [4.69, 9.17) is 4.74 Å². The monoisotopic (exact) mass is 368 g/mol. The van der Waals surface area contributed by atoms with E-state index in [1.54, 1.807) is 0 Å². The molecule has 4 rings (SSSR count). The Morgan fingerprint density at radius 3 is 2.18 bits per heavy atom. The molecule has 28 heavy (non-hydrogen) atoms. The molecule has 0 bridgehead atoms. The quantitative estimate of drug-likeness (QED) is 0.538. The van der Waals surface area contributed by atoms with Gasteiger partial charge in [-0.3, -0.25) is 0 Å². The third-order valence-corrected chi connectivity index (χ3v) is 5.97. The van der Waals surface area contributed by atoms with Crippen molar-refractivity contribution in [2.45, 2.75) is 46.0 Å². The SMILES string of the molecule is C/C=C1\C(=C/C)Oc2ccccc2C12C(=C/C)/C(=C\CCC)c1ccccc12. The minimum atomic E-state index is -0.323. The minimum Gasteiger partial charge on any atom is -0.457 e. The van der Waals surface area contributed by atoms with Crippen LogP contribution in [0.5, 0.6) is 5.75 Å². The van der Waals surface area contributed by atoms with Crippen LogP contribution in [-0.2, 0) is 5.41 Å². The van der Waals surface area contributed by atoms with E-state index < -0.39 is 0 Å². The zero-order valence-corrected chi connectivity index (χ0v) is 17.3. The molecule has 2 aromatic carbocycles. The van der Waals surface area contributed by atoms with Crippen LogP contribution in [0.3, 0.4) is 0 Å². The van der Waals surface area contributed by atoms with E-state index in [0.717, 1.165) is 24.4 Å². The van der Waals surface area contributed by atoms with Crippen molar-refractivity contribution in [3.63, 3.8) is 0 Å². The molecule has 1 atom stereocenters. The Bertz CT molecular complexity index is 1030. The van der Waals surface area contributed by atoms with E-state index in [-0.39, 0.29) is 5.41 Å². The standard InChI is InChI=1S/C27H28O/c1-5-9-14-19-20-15-10-11-16-23(20)27(21(19)6-2)22(7-3)25(8-4)28-26-18-13-12-17-24(26)27/h6-8,10-18H,5,9H2,1-4H3/b19-14-,21-6+,22-7+,25-8+. The summed E-state index contributed by atoms with van der Waals surface area (Å²) in [5, 5.41) is 0. The van der Waals surface area contributed by atoms with E-state index in [1.807, 2.05) is 0 Å². The Labute approximate surface area is 168 Å². The Morgan fingerprint density at radius 1 is 0.821 bits per heavy atom. The molecule has 142 valence electrons. The number of allylic oxidation sites excluding steroid dienone is 7. The molecule has 0 fully saturated rings. The van der Waals surface area contributed by atoms with Gasteiger partial charge in [-0.2, -0.15) is 0 Å². The fourth-order valence-electron chi connectivity index (χ4n) is 4.94. The summed E-state index contributed by atoms with van der Waals surface area (Å²) in [7, 11) is 0. The topological polar surface area (TPSA) is 9.23 Å². The number of unbranched alkanes of at least 4 members (excludes halogenated alkanes) is 1. The smallest absolute Gasteiger partial charge is 0.132 e. The van der Waals surface area contributed by atoms with E-state index >= 15 is 0 Å². The summed E-state index contributed by atoms with van der Waals surface area (Å²) in [6.45, 7) is 8.59. The Kier molecular flexibility index (Phi) is 4.85. The summed E-state index contributed by atoms with van der Waals surface area (Å²) in [6.07, 6.45) is 11.3. The lowest BCUT2D eigenvalue weighted by Gasteiger charge is -2.41. The van der Waals surface area contributed by atoms with Crippen molar-refractivity contribution in [2.24, 2.45) is 0 Å². The van der Waals surface area contributed by atoms with Gasteiger partial charge in [-0.05, 0) is 61.6 Å². The molecule has 1 spiro atoms. The Hall–Kier alpha value is -2.80. The minimum absolute atomic E-state index is 0.323. The van der Waals surface area contributed by atoms with Crippen LogP contribution in [0.2, 0.25) is 0 Å². The number of hydrogen-bond donors (Lipinski definition) is 0. The van der Waals surface area contributed by atoms with E-state index in [1.165, 1.54) is 33.4 Å². The number of para-hydroxylation sites is 1. The summed E-state index contributed by atoms with van der Waals surface area (Å²) in [4.78, 5) is 0. The molecule has 2 aromatic rings. The molecule has 0 radical (unpaired) electrons. The van der Waals surface area contributed by atoms with Crippen molar-refractivity contribution in [3.8, 4) is 5.75 Å². The van der Waals surface area contributed by atoms with Gasteiger partial charge in [0.05, 0.1) is 5.41 Å². The molecule has 0 amide bonds. The van der Waals surface area contributed by atoms with Crippen LogP contribution in [-0.4, -0.2) is 0 Å². The van der Waals surface area contributed by atoms with Crippen LogP contribution in [0.25, 0.3) is 5.57 Å². The largest absolute Gasteiger partial charge is 0.457 e. The van der Waals surface area contributed by atoms with E-state index in [9.17, 15) is 0 Å². The van der Waals surface area contributed by atoms with Crippen LogP contribution in [0.1, 0.15) is 57.2 Å². The van der Waals surface area contributed by atoms with Crippen LogP contribution >= 0.6 is 0 Å². The normalized spacial score (nSPS) is 26.1. The van der Waals surface area contributed by atoms with Gasteiger partial charge in [0.15, 0.2) is 0 Å². The first kappa shape index (κ1) is 18.6. The molecule has 1 heterocycles. The molecule has 1 heteroatoms. The van der Waals surface area contributed by atoms with Gasteiger partial charge in [0.2, 0.25) is 0 Å². The number of hydrogen-bond acceptors (Lipinski definition) is 1. The second kappa shape index (κ2) is 7.31. The van der Waals surface area contributed by atoms with Gasteiger partial charge < -0.3 is 4.74 Å². The van der Waals surface area contributed by atoms with E-state index in [0.29, 0.717) is 0 Å². The molecule has 2 aliphatic rings. The highest BCUT2D eigenvalue weighted by atomic mass is 16.5. The average molecular weight is 369 g/mol. The Morgan fingerprint density at radius 2 is 1.50 bits per heavy atom. The molecule has 0 saturated heterocycles. The molecule has 1 unspecified atom stereocenters. The van der Waals surface area contributed by atoms with Crippen molar-refractivity contribution in [2.75, 3.05) is 0 Å².